The molecule has 0 saturated heterocycles. The molecule has 0 fully saturated rings. The van der Waals surface area contributed by atoms with E-state index in [0.717, 1.165) is 0 Å². The van der Waals surface area contributed by atoms with Gasteiger partial charge in [0.05, 0.1) is 17.1 Å². The second-order valence-corrected chi connectivity index (χ2v) is 3.59. The van der Waals surface area contributed by atoms with Crippen molar-refractivity contribution in [1.82, 2.24) is 0 Å². The van der Waals surface area contributed by atoms with Gasteiger partial charge >= 0.3 is 5.97 Å². The zero-order valence-corrected chi connectivity index (χ0v) is 9.15. The number of esters is 1. The van der Waals surface area contributed by atoms with Crippen molar-refractivity contribution in [1.29, 1.82) is 0 Å². The van der Waals surface area contributed by atoms with Gasteiger partial charge in [0, 0.05) is 4.90 Å². The highest BCUT2D eigenvalue weighted by Crippen LogP contribution is 2.24. The molecule has 0 aliphatic carbocycles. The van der Waals surface area contributed by atoms with E-state index in [1.54, 1.807) is 0 Å². The number of halogens is 2. The Hall–Kier alpha value is -0.550. The highest BCUT2D eigenvalue weighted by atomic mass is 79.9. The smallest absolute Gasteiger partial charge is 0.339 e. The van der Waals surface area contributed by atoms with Gasteiger partial charge in [0.2, 0.25) is 0 Å². The van der Waals surface area contributed by atoms with Gasteiger partial charge in [-0.05, 0) is 28.1 Å². The van der Waals surface area contributed by atoms with E-state index in [2.05, 4.69) is 33.3 Å². The summed E-state index contributed by atoms with van der Waals surface area (Å²) in [5, 5.41) is 0. The van der Waals surface area contributed by atoms with E-state index in [9.17, 15) is 9.18 Å². The fourth-order valence-corrected chi connectivity index (χ4v) is 1.47. The van der Waals surface area contributed by atoms with Gasteiger partial charge < -0.3 is 4.74 Å². The summed E-state index contributed by atoms with van der Waals surface area (Å²) in [7, 11) is 1.23. The van der Waals surface area contributed by atoms with Crippen LogP contribution in [0.1, 0.15) is 10.4 Å². The van der Waals surface area contributed by atoms with E-state index in [1.165, 1.54) is 19.2 Å². The Bertz CT molecular complexity index is 354. The molecule has 0 unspecified atom stereocenters. The highest BCUT2D eigenvalue weighted by Gasteiger charge is 2.14. The quantitative estimate of drug-likeness (QED) is 0.624. The fourth-order valence-electron chi connectivity index (χ4n) is 0.833. The Kier molecular flexibility index (Phi) is 3.33. The molecule has 0 aliphatic heterocycles. The molecular weight excluding hydrogens is 259 g/mol. The fraction of sp³-hybridized carbons (Fsp3) is 0.125. The van der Waals surface area contributed by atoms with E-state index in [-0.39, 0.29) is 10.0 Å². The Morgan fingerprint density at radius 2 is 2.23 bits per heavy atom. The van der Waals surface area contributed by atoms with E-state index < -0.39 is 11.8 Å². The minimum Gasteiger partial charge on any atom is -0.465 e. The molecule has 0 aromatic heterocycles. The van der Waals surface area contributed by atoms with Gasteiger partial charge in [0.25, 0.3) is 0 Å². The van der Waals surface area contributed by atoms with Gasteiger partial charge in [-0.1, -0.05) is 0 Å². The van der Waals surface area contributed by atoms with E-state index in [4.69, 9.17) is 0 Å². The maximum Gasteiger partial charge on any atom is 0.339 e. The zero-order chi connectivity index (χ0) is 10.0. The summed E-state index contributed by atoms with van der Waals surface area (Å²) in [4.78, 5) is 11.5. The average molecular weight is 265 g/mol. The van der Waals surface area contributed by atoms with Crippen molar-refractivity contribution in [2.45, 2.75) is 4.90 Å². The molecule has 0 N–H and O–H groups in total. The minimum atomic E-state index is -0.596. The van der Waals surface area contributed by atoms with Gasteiger partial charge in [0.1, 0.15) is 5.82 Å². The maximum atomic E-state index is 13.0. The van der Waals surface area contributed by atoms with Crippen LogP contribution in [0.3, 0.4) is 0 Å². The number of hydrogen-bond acceptors (Lipinski definition) is 3. The van der Waals surface area contributed by atoms with E-state index >= 15 is 0 Å². The van der Waals surface area contributed by atoms with Crippen LogP contribution in [0.4, 0.5) is 4.39 Å². The summed E-state index contributed by atoms with van der Waals surface area (Å²) < 4.78 is 17.6. The van der Waals surface area contributed by atoms with Gasteiger partial charge in [-0.3, -0.25) is 0 Å². The predicted octanol–water partition coefficient (Wildman–Crippen LogP) is 2.66. The molecule has 1 rings (SSSR count). The number of carbonyl (C=O) groups excluding carboxylic acids is 1. The number of methoxy groups -OCH3 is 1. The van der Waals surface area contributed by atoms with Crippen LogP contribution < -0.4 is 0 Å². The second kappa shape index (κ2) is 4.11. The van der Waals surface area contributed by atoms with Crippen LogP contribution in [-0.2, 0) is 4.74 Å². The van der Waals surface area contributed by atoms with Crippen molar-refractivity contribution in [2.75, 3.05) is 7.11 Å². The third-order valence-corrected chi connectivity index (χ3v) is 2.48. The summed E-state index contributed by atoms with van der Waals surface area (Å²) in [6.07, 6.45) is 0. The molecule has 13 heavy (non-hydrogen) atoms. The predicted molar refractivity (Wildman–Crippen MR) is 52.7 cm³/mol. The van der Waals surface area contributed by atoms with Crippen molar-refractivity contribution in [3.63, 3.8) is 0 Å². The van der Waals surface area contributed by atoms with Crippen molar-refractivity contribution in [2.24, 2.45) is 0 Å². The van der Waals surface area contributed by atoms with Gasteiger partial charge in [-0.15, -0.1) is 12.6 Å². The molecule has 0 radical (unpaired) electrons. The van der Waals surface area contributed by atoms with Crippen molar-refractivity contribution in [3.8, 4) is 0 Å². The first-order valence-corrected chi connectivity index (χ1v) is 4.56. The Morgan fingerprint density at radius 3 is 2.77 bits per heavy atom. The van der Waals surface area contributed by atoms with Crippen LogP contribution in [0.5, 0.6) is 0 Å². The number of thiol groups is 1. The van der Waals surface area contributed by atoms with Crippen LogP contribution in [0.15, 0.2) is 21.5 Å². The lowest BCUT2D eigenvalue weighted by molar-refractivity contribution is 0.0598. The monoisotopic (exact) mass is 264 g/mol. The van der Waals surface area contributed by atoms with Gasteiger partial charge in [-0.25, -0.2) is 9.18 Å². The first kappa shape index (κ1) is 10.5. The molecule has 70 valence electrons. The first-order valence-electron chi connectivity index (χ1n) is 3.32. The summed E-state index contributed by atoms with van der Waals surface area (Å²) in [5.74, 6) is -1.13. The van der Waals surface area contributed by atoms with Crippen LogP contribution >= 0.6 is 28.6 Å². The molecule has 0 aliphatic rings. The molecule has 5 heteroatoms. The van der Waals surface area contributed by atoms with Crippen LogP contribution in [-0.4, -0.2) is 13.1 Å². The molecule has 0 amide bonds. The molecular formula is C8H6BrFO2S. The highest BCUT2D eigenvalue weighted by molar-refractivity contribution is 9.10. The molecule has 0 saturated carbocycles. The average Bonchev–Trinajstić information content (AvgIpc) is 2.10. The van der Waals surface area contributed by atoms with Gasteiger partial charge in [0.15, 0.2) is 0 Å². The molecule has 1 aromatic rings. The number of carbonyl (C=O) groups is 1. The molecule has 2 nitrogen and oxygen atoms in total. The summed E-state index contributed by atoms with van der Waals surface area (Å²) >= 11 is 6.88. The second-order valence-electron chi connectivity index (χ2n) is 2.28. The first-order chi connectivity index (χ1) is 6.06. The molecule has 0 spiro atoms. The number of benzene rings is 1. The number of ether oxygens (including phenoxy) is 1. The number of hydrogen-bond donors (Lipinski definition) is 1. The summed E-state index contributed by atoms with van der Waals surface area (Å²) in [6.45, 7) is 0. The van der Waals surface area contributed by atoms with Gasteiger partial charge in [-0.2, -0.15) is 0 Å². The lowest BCUT2D eigenvalue weighted by Crippen LogP contribution is -2.03. The Morgan fingerprint density at radius 1 is 1.62 bits per heavy atom. The van der Waals surface area contributed by atoms with E-state index in [0.29, 0.717) is 4.90 Å². The van der Waals surface area contributed by atoms with E-state index in [1.807, 2.05) is 0 Å². The summed E-state index contributed by atoms with van der Waals surface area (Å²) in [6, 6.07) is 2.64. The lowest BCUT2D eigenvalue weighted by atomic mass is 10.2. The van der Waals surface area contributed by atoms with Crippen LogP contribution in [0.25, 0.3) is 0 Å². The van der Waals surface area contributed by atoms with Crippen molar-refractivity contribution >= 4 is 34.5 Å². The Balaban J connectivity index is 3.28. The molecule has 0 atom stereocenters. The largest absolute Gasteiger partial charge is 0.465 e. The minimum absolute atomic E-state index is 0.0946. The third kappa shape index (κ3) is 2.22. The normalized spacial score (nSPS) is 9.85. The maximum absolute atomic E-state index is 13.0. The van der Waals surface area contributed by atoms with Crippen molar-refractivity contribution < 1.29 is 13.9 Å². The molecule has 1 aromatic carbocycles. The lowest BCUT2D eigenvalue weighted by Gasteiger charge is -2.04. The SMILES string of the molecule is COC(=O)c1cc(S)cc(F)c1Br. The number of rotatable bonds is 1. The zero-order valence-electron chi connectivity index (χ0n) is 6.67. The standard InChI is InChI=1S/C8H6BrFO2S/c1-12-8(11)5-2-4(13)3-6(10)7(5)9/h2-3,13H,1H3. The molecule has 0 heterocycles. The van der Waals surface area contributed by atoms with Crippen LogP contribution in [0.2, 0.25) is 0 Å². The summed E-state index contributed by atoms with van der Waals surface area (Å²) in [5.41, 5.74) is 0.132. The topological polar surface area (TPSA) is 26.3 Å². The molecule has 0 bridgehead atoms. The Labute approximate surface area is 88.6 Å². The van der Waals surface area contributed by atoms with Crippen molar-refractivity contribution in [3.05, 3.63) is 28.0 Å². The third-order valence-electron chi connectivity index (χ3n) is 1.42. The van der Waals surface area contributed by atoms with Crippen LogP contribution in [0, 0.1) is 5.82 Å².